The predicted molar refractivity (Wildman–Crippen MR) is 32.4 cm³/mol. The minimum Gasteiger partial charge on any atom is -0.383 e. The number of aldehydes is 1. The molecule has 0 amide bonds. The first kappa shape index (κ1) is 11.3. The van der Waals surface area contributed by atoms with Crippen LogP contribution in [0.2, 0.25) is 0 Å². The molecule has 72 valence electrons. The fraction of sp³-hybridized carbons (Fsp3) is 0.167. The van der Waals surface area contributed by atoms with Gasteiger partial charge in [-0.1, -0.05) is 0 Å². The zero-order valence-electron chi connectivity index (χ0n) is 6.00. The normalized spacial score (nSPS) is 11.3. The third kappa shape index (κ3) is 4.72. The van der Waals surface area contributed by atoms with Crippen LogP contribution < -0.4 is 0 Å². The maximum absolute atomic E-state index is 11.4. The van der Waals surface area contributed by atoms with Crippen molar-refractivity contribution in [1.29, 1.82) is 0 Å². The summed E-state index contributed by atoms with van der Waals surface area (Å²) in [5.74, 6) is -4.16. The number of hydrogen-bond donors (Lipinski definition) is 0. The van der Waals surface area contributed by atoms with E-state index in [0.29, 0.717) is 12.2 Å². The van der Waals surface area contributed by atoms with Crippen LogP contribution in [0.15, 0.2) is 12.2 Å². The highest BCUT2D eigenvalue weighted by Crippen LogP contribution is 2.16. The van der Waals surface area contributed by atoms with Gasteiger partial charge in [0.15, 0.2) is 0 Å². The third-order valence-corrected chi connectivity index (χ3v) is 0.736. The van der Waals surface area contributed by atoms with E-state index in [1.807, 2.05) is 0 Å². The van der Waals surface area contributed by atoms with Crippen LogP contribution >= 0.6 is 0 Å². The van der Waals surface area contributed by atoms with Gasteiger partial charge in [-0.15, -0.1) is 0 Å². The number of hydrogen-bond acceptors (Lipinski definition) is 4. The van der Waals surface area contributed by atoms with Crippen molar-refractivity contribution >= 4 is 18.2 Å². The van der Waals surface area contributed by atoms with E-state index in [2.05, 4.69) is 4.74 Å². The molecule has 0 aromatic carbocycles. The number of allylic oxidation sites excluding steroid dienone is 1. The lowest BCUT2D eigenvalue weighted by atomic mass is 10.5. The zero-order chi connectivity index (χ0) is 10.5. The van der Waals surface area contributed by atoms with E-state index in [-0.39, 0.29) is 6.29 Å². The number of esters is 2. The number of alkyl halides is 3. The summed E-state index contributed by atoms with van der Waals surface area (Å²) in [6, 6.07) is 0. The Bertz CT molecular complexity index is 253. The highest BCUT2D eigenvalue weighted by Gasteiger charge is 2.42. The van der Waals surface area contributed by atoms with E-state index in [0.717, 1.165) is 0 Å². The van der Waals surface area contributed by atoms with Crippen molar-refractivity contribution in [3.8, 4) is 0 Å². The molecule has 0 aromatic rings. The van der Waals surface area contributed by atoms with Crippen LogP contribution in [-0.2, 0) is 19.1 Å². The Morgan fingerprint density at radius 1 is 1.23 bits per heavy atom. The first-order chi connectivity index (χ1) is 5.88. The van der Waals surface area contributed by atoms with Crippen molar-refractivity contribution in [3.63, 3.8) is 0 Å². The second-order valence-corrected chi connectivity index (χ2v) is 1.70. The van der Waals surface area contributed by atoms with E-state index in [1.54, 1.807) is 0 Å². The molecule has 0 atom stereocenters. The standard InChI is InChI=1S/C6H3F3O4/c7-6(8,9)5(12)13-4(11)2-1-3-10/h1-3H. The second kappa shape index (κ2) is 4.39. The summed E-state index contributed by atoms with van der Waals surface area (Å²) in [6.45, 7) is 0. The topological polar surface area (TPSA) is 60.4 Å². The van der Waals surface area contributed by atoms with Crippen molar-refractivity contribution in [2.45, 2.75) is 6.18 Å². The second-order valence-electron chi connectivity index (χ2n) is 1.70. The van der Waals surface area contributed by atoms with Crippen molar-refractivity contribution in [2.24, 2.45) is 0 Å². The van der Waals surface area contributed by atoms with Crippen LogP contribution in [0, 0.1) is 0 Å². The van der Waals surface area contributed by atoms with E-state index >= 15 is 0 Å². The molecule has 0 fully saturated rings. The van der Waals surface area contributed by atoms with Gasteiger partial charge in [-0.3, -0.25) is 4.79 Å². The zero-order valence-corrected chi connectivity index (χ0v) is 6.00. The van der Waals surface area contributed by atoms with Gasteiger partial charge >= 0.3 is 18.1 Å². The summed E-state index contributed by atoms with van der Waals surface area (Å²) in [6.07, 6.45) is -4.06. The van der Waals surface area contributed by atoms with Crippen molar-refractivity contribution in [2.75, 3.05) is 0 Å². The smallest absolute Gasteiger partial charge is 0.383 e. The van der Waals surface area contributed by atoms with Gasteiger partial charge in [-0.05, 0) is 6.08 Å². The monoisotopic (exact) mass is 196 g/mol. The molecule has 0 aromatic heterocycles. The molecule has 0 N–H and O–H groups in total. The molecule has 7 heteroatoms. The lowest BCUT2D eigenvalue weighted by molar-refractivity contribution is -0.200. The third-order valence-electron chi connectivity index (χ3n) is 0.736. The highest BCUT2D eigenvalue weighted by molar-refractivity contribution is 5.95. The molecule has 0 saturated carbocycles. The van der Waals surface area contributed by atoms with Crippen LogP contribution in [0.5, 0.6) is 0 Å². The van der Waals surface area contributed by atoms with Crippen LogP contribution in [0.25, 0.3) is 0 Å². The van der Waals surface area contributed by atoms with Gasteiger partial charge < -0.3 is 4.74 Å². The first-order valence-corrected chi connectivity index (χ1v) is 2.82. The minimum absolute atomic E-state index is 0.152. The van der Waals surface area contributed by atoms with Crippen molar-refractivity contribution < 1.29 is 32.3 Å². The number of carbonyl (C=O) groups excluding carboxylic acids is 3. The van der Waals surface area contributed by atoms with Crippen molar-refractivity contribution in [3.05, 3.63) is 12.2 Å². The number of halogens is 3. The Balaban J connectivity index is 4.15. The van der Waals surface area contributed by atoms with E-state index < -0.39 is 18.1 Å². The van der Waals surface area contributed by atoms with Gasteiger partial charge in [-0.25, -0.2) is 9.59 Å². The van der Waals surface area contributed by atoms with Crippen molar-refractivity contribution in [1.82, 2.24) is 0 Å². The summed E-state index contributed by atoms with van der Waals surface area (Å²) in [5, 5.41) is 0. The molecule has 0 aliphatic heterocycles. The molecule has 0 rings (SSSR count). The molecule has 0 heterocycles. The summed E-state index contributed by atoms with van der Waals surface area (Å²) >= 11 is 0. The van der Waals surface area contributed by atoms with E-state index in [4.69, 9.17) is 0 Å². The molecule has 0 spiro atoms. The summed E-state index contributed by atoms with van der Waals surface area (Å²) in [4.78, 5) is 29.8. The molecule has 0 saturated heterocycles. The Kier molecular flexibility index (Phi) is 3.83. The van der Waals surface area contributed by atoms with Crippen LogP contribution in [0.3, 0.4) is 0 Å². The molecule has 0 aliphatic carbocycles. The minimum atomic E-state index is -5.22. The number of ether oxygens (including phenoxy) is 1. The van der Waals surface area contributed by atoms with Crippen LogP contribution in [0.4, 0.5) is 13.2 Å². The molecule has 13 heavy (non-hydrogen) atoms. The van der Waals surface area contributed by atoms with E-state index in [9.17, 15) is 27.6 Å². The summed E-state index contributed by atoms with van der Waals surface area (Å²) < 4.78 is 37.5. The average Bonchev–Trinajstić information content (AvgIpc) is 1.99. The Morgan fingerprint density at radius 2 is 1.77 bits per heavy atom. The van der Waals surface area contributed by atoms with Crippen LogP contribution in [-0.4, -0.2) is 24.4 Å². The average molecular weight is 196 g/mol. The summed E-state index contributed by atoms with van der Waals surface area (Å²) in [7, 11) is 0. The molecule has 0 bridgehead atoms. The molecule has 0 unspecified atom stereocenters. The van der Waals surface area contributed by atoms with Gasteiger partial charge in [0, 0.05) is 6.08 Å². The SMILES string of the molecule is O=CC=CC(=O)OC(=O)C(F)(F)F. The quantitative estimate of drug-likeness (QED) is 0.277. The Morgan fingerprint density at radius 3 is 2.15 bits per heavy atom. The molecule has 4 nitrogen and oxygen atoms in total. The molecule has 0 radical (unpaired) electrons. The first-order valence-electron chi connectivity index (χ1n) is 2.82. The molecule has 0 aliphatic rings. The largest absolute Gasteiger partial charge is 0.491 e. The van der Waals surface area contributed by atoms with Crippen LogP contribution in [0.1, 0.15) is 0 Å². The molecular weight excluding hydrogens is 193 g/mol. The lowest BCUT2D eigenvalue weighted by Gasteiger charge is -2.02. The molecular formula is C6H3F3O4. The Hall–Kier alpha value is -1.66. The van der Waals surface area contributed by atoms with Gasteiger partial charge in [0.05, 0.1) is 0 Å². The maximum Gasteiger partial charge on any atom is 0.491 e. The van der Waals surface area contributed by atoms with Gasteiger partial charge in [0.25, 0.3) is 0 Å². The lowest BCUT2D eigenvalue weighted by Crippen LogP contribution is -2.27. The number of rotatable bonds is 2. The fourth-order valence-electron chi connectivity index (χ4n) is 0.301. The maximum atomic E-state index is 11.4. The summed E-state index contributed by atoms with van der Waals surface area (Å²) in [5.41, 5.74) is 0. The number of carbonyl (C=O) groups is 3. The van der Waals surface area contributed by atoms with Gasteiger partial charge in [0.1, 0.15) is 6.29 Å². The van der Waals surface area contributed by atoms with E-state index in [1.165, 1.54) is 0 Å². The highest BCUT2D eigenvalue weighted by atomic mass is 19.4. The fourth-order valence-corrected chi connectivity index (χ4v) is 0.301. The van der Waals surface area contributed by atoms with Gasteiger partial charge in [0.2, 0.25) is 0 Å². The predicted octanol–water partition coefficient (Wildman–Crippen LogP) is 0.374. The van der Waals surface area contributed by atoms with Gasteiger partial charge in [-0.2, -0.15) is 13.2 Å². The Labute approximate surface area is 70.0 Å².